The molecule has 1 aliphatic rings. The molecular formula is C4H5N2O-. The number of rotatable bonds is 0. The summed E-state index contributed by atoms with van der Waals surface area (Å²) in [6.45, 7) is 0.385. The molecular weight excluding hydrogens is 92.1 g/mol. The van der Waals surface area contributed by atoms with Crippen LogP contribution in [-0.4, -0.2) is 17.9 Å². The van der Waals surface area contributed by atoms with Gasteiger partial charge in [-0.1, -0.05) is 6.08 Å². The van der Waals surface area contributed by atoms with Crippen molar-refractivity contribution in [2.75, 3.05) is 6.54 Å². The number of hydrogen-bond acceptors (Lipinski definition) is 3. The zero-order valence-electron chi connectivity index (χ0n) is 3.74. The lowest BCUT2D eigenvalue weighted by Crippen LogP contribution is -2.10. The van der Waals surface area contributed by atoms with E-state index in [2.05, 4.69) is 5.10 Å². The molecule has 1 rings (SSSR count). The van der Waals surface area contributed by atoms with Crippen LogP contribution in [0.5, 0.6) is 0 Å². The van der Waals surface area contributed by atoms with Gasteiger partial charge in [0, 0.05) is 12.8 Å². The molecule has 0 fully saturated rings. The fraction of sp³-hybridized carbons (Fsp3) is 0.250. The first-order chi connectivity index (χ1) is 3.39. The second-order valence-electron chi connectivity index (χ2n) is 1.23. The number of hydroxylamine groups is 1. The summed E-state index contributed by atoms with van der Waals surface area (Å²) in [5.74, 6) is 0. The van der Waals surface area contributed by atoms with E-state index in [0.717, 1.165) is 0 Å². The molecule has 0 unspecified atom stereocenters. The molecule has 0 atom stereocenters. The van der Waals surface area contributed by atoms with Crippen molar-refractivity contribution < 1.29 is 0 Å². The highest BCUT2D eigenvalue weighted by atomic mass is 16.5. The fourth-order valence-corrected chi connectivity index (χ4v) is 0.372. The van der Waals surface area contributed by atoms with E-state index in [1.54, 1.807) is 12.2 Å². The Morgan fingerprint density at radius 1 is 1.71 bits per heavy atom. The van der Waals surface area contributed by atoms with Crippen LogP contribution in [0.4, 0.5) is 0 Å². The molecule has 0 amide bonds. The summed E-state index contributed by atoms with van der Waals surface area (Å²) in [5.41, 5.74) is 0. The van der Waals surface area contributed by atoms with Crippen molar-refractivity contribution >= 4 is 6.21 Å². The van der Waals surface area contributed by atoms with E-state index in [0.29, 0.717) is 11.7 Å². The molecule has 7 heavy (non-hydrogen) atoms. The SMILES string of the molecule is [O-]N1CC=CC=N1. The van der Waals surface area contributed by atoms with E-state index in [9.17, 15) is 5.21 Å². The summed E-state index contributed by atoms with van der Waals surface area (Å²) < 4.78 is 0. The Labute approximate surface area is 41.5 Å². The lowest BCUT2D eigenvalue weighted by Gasteiger charge is -2.23. The summed E-state index contributed by atoms with van der Waals surface area (Å²) in [6.07, 6.45) is 4.96. The first kappa shape index (κ1) is 4.33. The molecule has 0 saturated heterocycles. The van der Waals surface area contributed by atoms with E-state index < -0.39 is 0 Å². The van der Waals surface area contributed by atoms with Crippen LogP contribution in [-0.2, 0) is 0 Å². The van der Waals surface area contributed by atoms with E-state index in [1.165, 1.54) is 6.21 Å². The van der Waals surface area contributed by atoms with Crippen LogP contribution in [0.3, 0.4) is 0 Å². The number of hydrogen-bond donors (Lipinski definition) is 0. The van der Waals surface area contributed by atoms with E-state index in [-0.39, 0.29) is 0 Å². The monoisotopic (exact) mass is 97.0 g/mol. The van der Waals surface area contributed by atoms with Gasteiger partial charge in [0.15, 0.2) is 0 Å². The predicted molar refractivity (Wildman–Crippen MR) is 27.7 cm³/mol. The molecule has 0 aromatic carbocycles. The molecule has 0 radical (unpaired) electrons. The number of nitrogens with zero attached hydrogens (tertiary/aromatic N) is 2. The van der Waals surface area contributed by atoms with Crippen LogP contribution in [0, 0.1) is 5.21 Å². The standard InChI is InChI=1S/C4H5N2O/c7-6-4-2-1-3-5-6/h1-3H,4H2/q-1. The minimum absolute atomic E-state index is 0.385. The Hall–Kier alpha value is -0.830. The zero-order valence-corrected chi connectivity index (χ0v) is 3.74. The summed E-state index contributed by atoms with van der Waals surface area (Å²) in [5, 5.41) is 14.2. The van der Waals surface area contributed by atoms with E-state index in [1.807, 2.05) is 0 Å². The normalized spacial score (nSPS) is 18.1. The fourth-order valence-electron chi connectivity index (χ4n) is 0.372. The minimum atomic E-state index is 0.385. The quantitative estimate of drug-likeness (QED) is 0.437. The lowest BCUT2D eigenvalue weighted by molar-refractivity contribution is 0.445. The molecule has 1 heterocycles. The molecule has 3 nitrogen and oxygen atoms in total. The van der Waals surface area contributed by atoms with Gasteiger partial charge in [-0.3, -0.25) is 0 Å². The average molecular weight is 97.1 g/mol. The third kappa shape index (κ3) is 1.01. The molecule has 1 aliphatic heterocycles. The van der Waals surface area contributed by atoms with Crippen LogP contribution in [0.2, 0.25) is 0 Å². The molecule has 0 aromatic rings. The van der Waals surface area contributed by atoms with Gasteiger partial charge in [0.1, 0.15) is 0 Å². The average Bonchev–Trinajstić information content (AvgIpc) is 1.69. The van der Waals surface area contributed by atoms with E-state index >= 15 is 0 Å². The van der Waals surface area contributed by atoms with Crippen LogP contribution in [0.25, 0.3) is 0 Å². The summed E-state index contributed by atoms with van der Waals surface area (Å²) in [7, 11) is 0. The molecule has 0 saturated carbocycles. The van der Waals surface area contributed by atoms with Gasteiger partial charge in [0.25, 0.3) is 0 Å². The number of hydrazone groups is 1. The smallest absolute Gasteiger partial charge is 0.0458 e. The maximum atomic E-state index is 10.1. The zero-order chi connectivity index (χ0) is 5.11. The summed E-state index contributed by atoms with van der Waals surface area (Å²) in [4.78, 5) is 0. The second kappa shape index (κ2) is 1.75. The van der Waals surface area contributed by atoms with Crippen molar-refractivity contribution in [1.82, 2.24) is 5.17 Å². The Kier molecular flexibility index (Phi) is 1.08. The van der Waals surface area contributed by atoms with Gasteiger partial charge < -0.3 is 10.4 Å². The van der Waals surface area contributed by atoms with Gasteiger partial charge in [-0.25, -0.2) is 0 Å². The molecule has 0 spiro atoms. The Balaban J connectivity index is 2.49. The van der Waals surface area contributed by atoms with Gasteiger partial charge in [0.05, 0.1) is 0 Å². The van der Waals surface area contributed by atoms with Crippen LogP contribution >= 0.6 is 0 Å². The van der Waals surface area contributed by atoms with Crippen LogP contribution in [0.15, 0.2) is 17.3 Å². The first-order valence-corrected chi connectivity index (χ1v) is 2.03. The topological polar surface area (TPSA) is 38.7 Å². The highest BCUT2D eigenvalue weighted by Crippen LogP contribution is 1.88. The van der Waals surface area contributed by atoms with Crippen molar-refractivity contribution in [1.29, 1.82) is 0 Å². The van der Waals surface area contributed by atoms with Gasteiger partial charge >= 0.3 is 0 Å². The van der Waals surface area contributed by atoms with E-state index in [4.69, 9.17) is 0 Å². The third-order valence-electron chi connectivity index (χ3n) is 0.679. The predicted octanol–water partition coefficient (Wildman–Crippen LogP) is 0.342. The van der Waals surface area contributed by atoms with Gasteiger partial charge in [0.2, 0.25) is 0 Å². The largest absolute Gasteiger partial charge is 0.742 e. The second-order valence-corrected chi connectivity index (χ2v) is 1.23. The molecule has 3 heteroatoms. The minimum Gasteiger partial charge on any atom is -0.742 e. The maximum Gasteiger partial charge on any atom is 0.0458 e. The highest BCUT2D eigenvalue weighted by molar-refractivity contribution is 5.71. The third-order valence-corrected chi connectivity index (χ3v) is 0.679. The molecule has 0 aliphatic carbocycles. The summed E-state index contributed by atoms with van der Waals surface area (Å²) >= 11 is 0. The lowest BCUT2D eigenvalue weighted by atomic mass is 10.5. The van der Waals surface area contributed by atoms with Crippen molar-refractivity contribution in [2.45, 2.75) is 0 Å². The molecule has 0 N–H and O–H groups in total. The molecule has 38 valence electrons. The molecule has 0 aromatic heterocycles. The van der Waals surface area contributed by atoms with Gasteiger partial charge in [-0.15, -0.1) is 0 Å². The van der Waals surface area contributed by atoms with Crippen LogP contribution in [0.1, 0.15) is 0 Å². The maximum absolute atomic E-state index is 10.1. The Morgan fingerprint density at radius 3 is 2.86 bits per heavy atom. The van der Waals surface area contributed by atoms with Crippen molar-refractivity contribution in [3.63, 3.8) is 0 Å². The van der Waals surface area contributed by atoms with Crippen molar-refractivity contribution in [3.8, 4) is 0 Å². The molecule has 0 bridgehead atoms. The highest BCUT2D eigenvalue weighted by Gasteiger charge is 1.81. The van der Waals surface area contributed by atoms with Gasteiger partial charge in [-0.2, -0.15) is 5.10 Å². The first-order valence-electron chi connectivity index (χ1n) is 2.03. The summed E-state index contributed by atoms with van der Waals surface area (Å²) in [6, 6.07) is 0. The van der Waals surface area contributed by atoms with Crippen LogP contribution < -0.4 is 0 Å². The Morgan fingerprint density at radius 2 is 2.57 bits per heavy atom. The van der Waals surface area contributed by atoms with Crippen molar-refractivity contribution in [2.24, 2.45) is 5.10 Å². The number of allylic oxidation sites excluding steroid dienone is 1. The van der Waals surface area contributed by atoms with Crippen molar-refractivity contribution in [3.05, 3.63) is 17.4 Å². The Bertz CT molecular complexity index is 108. The van der Waals surface area contributed by atoms with Gasteiger partial charge in [-0.05, 0) is 6.08 Å².